The van der Waals surface area contributed by atoms with Crippen LogP contribution in [0.25, 0.3) is 11.3 Å². The van der Waals surface area contributed by atoms with Crippen LogP contribution in [-0.2, 0) is 6.54 Å². The second-order valence-corrected chi connectivity index (χ2v) is 5.65. The van der Waals surface area contributed by atoms with Crippen LogP contribution in [0.15, 0.2) is 60.7 Å². The summed E-state index contributed by atoms with van der Waals surface area (Å²) in [5.41, 5.74) is 5.10. The minimum Gasteiger partial charge on any atom is -0.387 e. The van der Waals surface area contributed by atoms with Crippen LogP contribution in [0, 0.1) is 6.92 Å². The number of hydrogen-bond donors (Lipinski definition) is 3. The maximum atomic E-state index is 10.3. The van der Waals surface area contributed by atoms with Crippen LogP contribution in [0.1, 0.15) is 22.9 Å². The first-order valence-electron chi connectivity index (χ1n) is 7.78. The third-order valence-electron chi connectivity index (χ3n) is 3.90. The summed E-state index contributed by atoms with van der Waals surface area (Å²) in [7, 11) is 0. The molecule has 0 saturated heterocycles. The minimum absolute atomic E-state index is 0.505. The lowest BCUT2D eigenvalue weighted by molar-refractivity contribution is 0.173. The Balaban J connectivity index is 1.55. The van der Waals surface area contributed by atoms with Gasteiger partial charge in [0.15, 0.2) is 0 Å². The Kier molecular flexibility index (Phi) is 4.86. The van der Waals surface area contributed by atoms with E-state index in [0.717, 1.165) is 28.1 Å². The number of benzene rings is 2. The highest BCUT2D eigenvalue weighted by atomic mass is 16.3. The average molecular weight is 307 g/mol. The van der Waals surface area contributed by atoms with Crippen LogP contribution < -0.4 is 5.32 Å². The van der Waals surface area contributed by atoms with Crippen LogP contribution in [0.5, 0.6) is 0 Å². The van der Waals surface area contributed by atoms with E-state index in [1.54, 1.807) is 0 Å². The molecule has 1 atom stereocenters. The Morgan fingerprint density at radius 2 is 1.83 bits per heavy atom. The Morgan fingerprint density at radius 3 is 2.61 bits per heavy atom. The molecule has 0 bridgehead atoms. The van der Waals surface area contributed by atoms with E-state index in [1.165, 1.54) is 0 Å². The van der Waals surface area contributed by atoms with Crippen molar-refractivity contribution in [1.29, 1.82) is 0 Å². The number of H-pyrrole nitrogens is 1. The van der Waals surface area contributed by atoms with Crippen molar-refractivity contribution in [3.63, 3.8) is 0 Å². The zero-order valence-electron chi connectivity index (χ0n) is 13.2. The molecule has 1 aromatic heterocycles. The zero-order valence-corrected chi connectivity index (χ0v) is 13.2. The van der Waals surface area contributed by atoms with Gasteiger partial charge in [0.05, 0.1) is 11.8 Å². The summed E-state index contributed by atoms with van der Waals surface area (Å²) in [5, 5.41) is 20.9. The molecule has 0 amide bonds. The quantitative estimate of drug-likeness (QED) is 0.655. The molecule has 118 valence electrons. The lowest BCUT2D eigenvalue weighted by Gasteiger charge is -2.14. The van der Waals surface area contributed by atoms with Crippen LogP contribution in [0.4, 0.5) is 0 Å². The van der Waals surface area contributed by atoms with E-state index < -0.39 is 6.10 Å². The normalized spacial score (nSPS) is 12.3. The minimum atomic E-state index is -0.507. The van der Waals surface area contributed by atoms with Gasteiger partial charge in [0.1, 0.15) is 0 Å². The van der Waals surface area contributed by atoms with Gasteiger partial charge < -0.3 is 10.4 Å². The summed E-state index contributed by atoms with van der Waals surface area (Å²) in [6.07, 6.45) is -0.507. The maximum Gasteiger partial charge on any atom is 0.0924 e. The topological polar surface area (TPSA) is 60.9 Å². The number of aliphatic hydroxyl groups is 1. The molecule has 0 fully saturated rings. The molecule has 3 rings (SSSR count). The maximum absolute atomic E-state index is 10.3. The molecular formula is C19H21N3O. The van der Waals surface area contributed by atoms with Gasteiger partial charge in [-0.1, -0.05) is 54.6 Å². The molecule has 23 heavy (non-hydrogen) atoms. The summed E-state index contributed by atoms with van der Waals surface area (Å²) < 4.78 is 0. The van der Waals surface area contributed by atoms with Gasteiger partial charge in [-0.2, -0.15) is 5.10 Å². The Bertz CT molecular complexity index is 752. The number of rotatable bonds is 6. The fraction of sp³-hybridized carbons (Fsp3) is 0.211. The predicted molar refractivity (Wildman–Crippen MR) is 91.9 cm³/mol. The summed E-state index contributed by atoms with van der Waals surface area (Å²) in [4.78, 5) is 0. The SMILES string of the molecule is Cc1ccccc1C(O)CNCc1cc(-c2ccccc2)n[nH]1. The van der Waals surface area contributed by atoms with Crippen molar-refractivity contribution in [2.45, 2.75) is 19.6 Å². The zero-order chi connectivity index (χ0) is 16.1. The van der Waals surface area contributed by atoms with Crippen molar-refractivity contribution >= 4 is 0 Å². The summed E-state index contributed by atoms with van der Waals surface area (Å²) in [6, 6.07) is 20.0. The highest BCUT2D eigenvalue weighted by molar-refractivity contribution is 5.58. The van der Waals surface area contributed by atoms with Gasteiger partial charge in [-0.15, -0.1) is 0 Å². The Morgan fingerprint density at radius 1 is 1.09 bits per heavy atom. The molecule has 4 heteroatoms. The number of hydrogen-bond acceptors (Lipinski definition) is 3. The van der Waals surface area contributed by atoms with Gasteiger partial charge in [0, 0.05) is 24.3 Å². The lowest BCUT2D eigenvalue weighted by atomic mass is 10.0. The number of aryl methyl sites for hydroxylation is 1. The summed E-state index contributed by atoms with van der Waals surface area (Å²) in [6.45, 7) is 3.16. The number of aliphatic hydroxyl groups excluding tert-OH is 1. The molecule has 0 aliphatic heterocycles. The van der Waals surface area contributed by atoms with E-state index in [0.29, 0.717) is 13.1 Å². The third-order valence-corrected chi connectivity index (χ3v) is 3.90. The first kappa shape index (κ1) is 15.5. The molecular weight excluding hydrogens is 286 g/mol. The third kappa shape index (κ3) is 3.86. The van der Waals surface area contributed by atoms with E-state index in [-0.39, 0.29) is 0 Å². The Hall–Kier alpha value is -2.43. The second kappa shape index (κ2) is 7.22. The highest BCUT2D eigenvalue weighted by Crippen LogP contribution is 2.18. The Labute approximate surface area is 136 Å². The van der Waals surface area contributed by atoms with Gasteiger partial charge in [-0.25, -0.2) is 0 Å². The van der Waals surface area contributed by atoms with Crippen molar-refractivity contribution in [3.8, 4) is 11.3 Å². The number of aromatic nitrogens is 2. The fourth-order valence-corrected chi connectivity index (χ4v) is 2.62. The van der Waals surface area contributed by atoms with Gasteiger partial charge in [0.2, 0.25) is 0 Å². The van der Waals surface area contributed by atoms with Crippen LogP contribution >= 0.6 is 0 Å². The molecule has 0 aliphatic rings. The number of nitrogens with one attached hydrogen (secondary N) is 2. The number of aromatic amines is 1. The standard InChI is InChI=1S/C19H21N3O/c1-14-7-5-6-10-17(14)19(23)13-20-12-16-11-18(22-21-16)15-8-3-2-4-9-15/h2-11,19-20,23H,12-13H2,1H3,(H,21,22). The van der Waals surface area contributed by atoms with Crippen molar-refractivity contribution in [3.05, 3.63) is 77.5 Å². The molecule has 1 heterocycles. The molecule has 0 saturated carbocycles. The fourth-order valence-electron chi connectivity index (χ4n) is 2.62. The highest BCUT2D eigenvalue weighted by Gasteiger charge is 2.10. The summed E-state index contributed by atoms with van der Waals surface area (Å²) >= 11 is 0. The predicted octanol–water partition coefficient (Wildman–Crippen LogP) is 3.21. The van der Waals surface area contributed by atoms with Crippen molar-refractivity contribution < 1.29 is 5.11 Å². The van der Waals surface area contributed by atoms with Crippen molar-refractivity contribution in [2.24, 2.45) is 0 Å². The van der Waals surface area contributed by atoms with Crippen LogP contribution in [0.3, 0.4) is 0 Å². The smallest absolute Gasteiger partial charge is 0.0924 e. The van der Waals surface area contributed by atoms with Gasteiger partial charge in [0.25, 0.3) is 0 Å². The average Bonchev–Trinajstić information content (AvgIpc) is 3.05. The van der Waals surface area contributed by atoms with E-state index >= 15 is 0 Å². The van der Waals surface area contributed by atoms with Crippen LogP contribution in [-0.4, -0.2) is 21.8 Å². The lowest BCUT2D eigenvalue weighted by Crippen LogP contribution is -2.21. The van der Waals surface area contributed by atoms with Gasteiger partial charge >= 0.3 is 0 Å². The van der Waals surface area contributed by atoms with E-state index in [9.17, 15) is 5.11 Å². The molecule has 0 aliphatic carbocycles. The van der Waals surface area contributed by atoms with Gasteiger partial charge in [-0.05, 0) is 24.1 Å². The molecule has 2 aromatic carbocycles. The van der Waals surface area contributed by atoms with E-state index in [1.807, 2.05) is 67.6 Å². The van der Waals surface area contributed by atoms with E-state index in [2.05, 4.69) is 15.5 Å². The molecule has 0 radical (unpaired) electrons. The van der Waals surface area contributed by atoms with Crippen molar-refractivity contribution in [1.82, 2.24) is 15.5 Å². The molecule has 4 nitrogen and oxygen atoms in total. The molecule has 0 spiro atoms. The summed E-state index contributed by atoms with van der Waals surface area (Å²) in [5.74, 6) is 0. The first-order chi connectivity index (χ1) is 11.2. The largest absolute Gasteiger partial charge is 0.387 e. The first-order valence-corrected chi connectivity index (χ1v) is 7.78. The van der Waals surface area contributed by atoms with Crippen LogP contribution in [0.2, 0.25) is 0 Å². The molecule has 1 unspecified atom stereocenters. The van der Waals surface area contributed by atoms with E-state index in [4.69, 9.17) is 0 Å². The number of nitrogens with zero attached hydrogens (tertiary/aromatic N) is 1. The molecule has 3 N–H and O–H groups in total. The molecule has 3 aromatic rings. The monoisotopic (exact) mass is 307 g/mol. The van der Waals surface area contributed by atoms with Crippen molar-refractivity contribution in [2.75, 3.05) is 6.54 Å². The second-order valence-electron chi connectivity index (χ2n) is 5.65. The van der Waals surface area contributed by atoms with Gasteiger partial charge in [-0.3, -0.25) is 5.10 Å².